The molecule has 0 bridgehead atoms. The van der Waals surface area contributed by atoms with Crippen molar-refractivity contribution in [1.82, 2.24) is 19.6 Å². The molecule has 0 fully saturated rings. The number of thiazole rings is 1. The van der Waals surface area contributed by atoms with Crippen LogP contribution in [0.25, 0.3) is 5.65 Å². The molecule has 1 atom stereocenters. The predicted octanol–water partition coefficient (Wildman–Crippen LogP) is 3.06. The monoisotopic (exact) mass is 291 g/mol. The van der Waals surface area contributed by atoms with Crippen LogP contribution in [0.4, 0.5) is 10.3 Å². The largest absolute Gasteiger partial charge is 0.344 e. The molecule has 3 aromatic heterocycles. The highest BCUT2D eigenvalue weighted by atomic mass is 32.1. The Kier molecular flexibility index (Phi) is 3.35. The summed E-state index contributed by atoms with van der Waals surface area (Å²) in [5.74, 6) is 0.130. The third-order valence-electron chi connectivity index (χ3n) is 2.93. The van der Waals surface area contributed by atoms with Crippen molar-refractivity contribution in [2.75, 3.05) is 5.32 Å². The lowest BCUT2D eigenvalue weighted by Gasteiger charge is -2.08. The summed E-state index contributed by atoms with van der Waals surface area (Å²) in [4.78, 5) is 9.93. The maximum absolute atomic E-state index is 13.1. The molecular formula is C13H14FN5S. The molecule has 7 heteroatoms. The first kappa shape index (κ1) is 13.0. The second-order valence-electron chi connectivity index (χ2n) is 4.47. The lowest BCUT2D eigenvalue weighted by Crippen LogP contribution is -2.07. The molecule has 5 nitrogen and oxygen atoms in total. The standard InChI is InChI=1S/C13H14FN5S/c1-3-10-6-15-12(20-10)8(2)16-13-17-11-5-4-9(14)7-19(11)18-13/h4-8H,3H2,1-2H3,(H,16,18). The fourth-order valence-electron chi connectivity index (χ4n) is 1.86. The molecular weight excluding hydrogens is 277 g/mol. The molecule has 0 amide bonds. The van der Waals surface area contributed by atoms with Gasteiger partial charge in [0.25, 0.3) is 0 Å². The molecule has 0 saturated carbocycles. The molecule has 20 heavy (non-hydrogen) atoms. The SMILES string of the molecule is CCc1cnc(C(C)Nc2nc3ccc(F)cn3n2)s1. The smallest absolute Gasteiger partial charge is 0.243 e. The second-order valence-corrected chi connectivity index (χ2v) is 5.62. The minimum absolute atomic E-state index is 0.0163. The summed E-state index contributed by atoms with van der Waals surface area (Å²) in [7, 11) is 0. The Morgan fingerprint density at radius 2 is 2.30 bits per heavy atom. The number of fused-ring (bicyclic) bond motifs is 1. The lowest BCUT2D eigenvalue weighted by molar-refractivity contribution is 0.614. The normalized spacial score (nSPS) is 12.8. The van der Waals surface area contributed by atoms with Crippen molar-refractivity contribution in [3.05, 3.63) is 40.2 Å². The number of aryl methyl sites for hydroxylation is 1. The van der Waals surface area contributed by atoms with Crippen LogP contribution < -0.4 is 5.32 Å². The zero-order valence-corrected chi connectivity index (χ0v) is 12.0. The fourth-order valence-corrected chi connectivity index (χ4v) is 2.72. The Labute approximate surface area is 119 Å². The maximum atomic E-state index is 13.1. The van der Waals surface area contributed by atoms with Crippen molar-refractivity contribution < 1.29 is 4.39 Å². The van der Waals surface area contributed by atoms with Gasteiger partial charge in [-0.05, 0) is 25.5 Å². The minimum atomic E-state index is -0.338. The summed E-state index contributed by atoms with van der Waals surface area (Å²) in [6, 6.07) is 2.98. The number of anilines is 1. The van der Waals surface area contributed by atoms with Crippen LogP contribution in [0.3, 0.4) is 0 Å². The summed E-state index contributed by atoms with van der Waals surface area (Å²) < 4.78 is 14.5. The number of pyridine rings is 1. The predicted molar refractivity (Wildman–Crippen MR) is 76.5 cm³/mol. The van der Waals surface area contributed by atoms with E-state index in [1.54, 1.807) is 17.4 Å². The van der Waals surface area contributed by atoms with E-state index in [9.17, 15) is 4.39 Å². The number of nitrogens with zero attached hydrogens (tertiary/aromatic N) is 4. The second kappa shape index (κ2) is 5.16. The number of aromatic nitrogens is 4. The Morgan fingerprint density at radius 3 is 3.05 bits per heavy atom. The molecule has 104 valence electrons. The molecule has 1 unspecified atom stereocenters. The van der Waals surface area contributed by atoms with Crippen LogP contribution in [-0.4, -0.2) is 19.6 Å². The van der Waals surface area contributed by atoms with E-state index in [0.717, 1.165) is 11.4 Å². The molecule has 3 rings (SSSR count). The number of rotatable bonds is 4. The third kappa shape index (κ3) is 2.49. The van der Waals surface area contributed by atoms with E-state index in [2.05, 4.69) is 27.3 Å². The Bertz CT molecular complexity index is 735. The third-order valence-corrected chi connectivity index (χ3v) is 4.26. The average Bonchev–Trinajstić information content (AvgIpc) is 3.03. The van der Waals surface area contributed by atoms with Crippen LogP contribution in [0.1, 0.15) is 29.8 Å². The van der Waals surface area contributed by atoms with E-state index < -0.39 is 0 Å². The van der Waals surface area contributed by atoms with Crippen molar-refractivity contribution in [3.63, 3.8) is 0 Å². The Morgan fingerprint density at radius 1 is 1.45 bits per heavy atom. The van der Waals surface area contributed by atoms with Crippen molar-refractivity contribution in [1.29, 1.82) is 0 Å². The molecule has 0 aliphatic carbocycles. The number of hydrogen-bond donors (Lipinski definition) is 1. The summed E-state index contributed by atoms with van der Waals surface area (Å²) >= 11 is 1.67. The van der Waals surface area contributed by atoms with Gasteiger partial charge in [-0.15, -0.1) is 16.4 Å². The van der Waals surface area contributed by atoms with Gasteiger partial charge in [-0.2, -0.15) is 4.98 Å². The number of nitrogens with one attached hydrogen (secondary N) is 1. The highest BCUT2D eigenvalue weighted by Gasteiger charge is 2.13. The zero-order valence-electron chi connectivity index (χ0n) is 11.2. The van der Waals surface area contributed by atoms with Crippen LogP contribution in [0, 0.1) is 5.82 Å². The highest BCUT2D eigenvalue weighted by molar-refractivity contribution is 7.11. The van der Waals surface area contributed by atoms with Gasteiger partial charge >= 0.3 is 0 Å². The molecule has 0 saturated heterocycles. The minimum Gasteiger partial charge on any atom is -0.344 e. The first-order valence-electron chi connectivity index (χ1n) is 6.39. The van der Waals surface area contributed by atoms with Gasteiger partial charge in [0.05, 0.1) is 12.2 Å². The lowest BCUT2D eigenvalue weighted by atomic mass is 10.3. The van der Waals surface area contributed by atoms with Crippen molar-refractivity contribution >= 4 is 22.9 Å². The summed E-state index contributed by atoms with van der Waals surface area (Å²) in [5, 5.41) is 8.38. The van der Waals surface area contributed by atoms with E-state index in [1.807, 2.05) is 13.1 Å². The van der Waals surface area contributed by atoms with E-state index in [-0.39, 0.29) is 11.9 Å². The molecule has 3 heterocycles. The average molecular weight is 291 g/mol. The van der Waals surface area contributed by atoms with Gasteiger partial charge in [0.1, 0.15) is 10.8 Å². The van der Waals surface area contributed by atoms with Gasteiger partial charge in [-0.1, -0.05) is 6.92 Å². The Balaban J connectivity index is 1.81. The first-order chi connectivity index (χ1) is 9.65. The van der Waals surface area contributed by atoms with Gasteiger partial charge in [-0.3, -0.25) is 0 Å². The maximum Gasteiger partial charge on any atom is 0.243 e. The van der Waals surface area contributed by atoms with Crippen LogP contribution in [0.15, 0.2) is 24.5 Å². The summed E-state index contributed by atoms with van der Waals surface area (Å²) in [5.41, 5.74) is 0.606. The van der Waals surface area contributed by atoms with Crippen molar-refractivity contribution in [3.8, 4) is 0 Å². The highest BCUT2D eigenvalue weighted by Crippen LogP contribution is 2.23. The van der Waals surface area contributed by atoms with Gasteiger partial charge < -0.3 is 5.32 Å². The zero-order chi connectivity index (χ0) is 14.1. The molecule has 0 aromatic carbocycles. The first-order valence-corrected chi connectivity index (χ1v) is 7.20. The van der Waals surface area contributed by atoms with E-state index >= 15 is 0 Å². The van der Waals surface area contributed by atoms with Gasteiger partial charge in [-0.25, -0.2) is 13.9 Å². The molecule has 3 aromatic rings. The van der Waals surface area contributed by atoms with E-state index in [4.69, 9.17) is 0 Å². The topological polar surface area (TPSA) is 55.1 Å². The van der Waals surface area contributed by atoms with Crippen molar-refractivity contribution in [2.45, 2.75) is 26.3 Å². The molecule has 0 spiro atoms. The molecule has 1 N–H and O–H groups in total. The quantitative estimate of drug-likeness (QED) is 0.802. The Hall–Kier alpha value is -2.02. The van der Waals surface area contributed by atoms with Gasteiger partial charge in [0, 0.05) is 11.1 Å². The van der Waals surface area contributed by atoms with Crippen molar-refractivity contribution in [2.24, 2.45) is 0 Å². The van der Waals surface area contributed by atoms with Crippen LogP contribution in [-0.2, 0) is 6.42 Å². The van der Waals surface area contributed by atoms with Gasteiger partial charge in [0.2, 0.25) is 5.95 Å². The van der Waals surface area contributed by atoms with Crippen LogP contribution in [0.2, 0.25) is 0 Å². The number of hydrogen-bond acceptors (Lipinski definition) is 5. The number of halogens is 1. The van der Waals surface area contributed by atoms with E-state index in [0.29, 0.717) is 11.6 Å². The van der Waals surface area contributed by atoms with Crippen LogP contribution in [0.5, 0.6) is 0 Å². The van der Waals surface area contributed by atoms with Gasteiger partial charge in [0.15, 0.2) is 5.65 Å². The molecule has 0 aliphatic rings. The molecule has 0 radical (unpaired) electrons. The fraction of sp³-hybridized carbons (Fsp3) is 0.308. The summed E-state index contributed by atoms with van der Waals surface area (Å²) in [6.45, 7) is 4.11. The van der Waals surface area contributed by atoms with E-state index in [1.165, 1.54) is 21.7 Å². The molecule has 0 aliphatic heterocycles. The van der Waals surface area contributed by atoms with Crippen LogP contribution >= 0.6 is 11.3 Å². The summed E-state index contributed by atoms with van der Waals surface area (Å²) in [6.07, 6.45) is 4.18.